The van der Waals surface area contributed by atoms with Crippen LogP contribution in [0.25, 0.3) is 0 Å². The van der Waals surface area contributed by atoms with Crippen LogP contribution in [0.4, 0.5) is 5.69 Å². The van der Waals surface area contributed by atoms with E-state index in [0.717, 1.165) is 16.0 Å². The molecular formula is C17H19N3O4. The number of nitrogens with zero attached hydrogens (tertiary/aromatic N) is 1. The standard InChI is InChI=1S/C17H19N3O4/c1-17(2)12-4-3-11(7-10(12)9-18-16(17)24)19-13-8-14(22)20(5-6-21)15(13)23/h3-4,7-8,19,21H,5-6,9H2,1-2H3,(H,18,24). The van der Waals surface area contributed by atoms with Crippen LogP contribution >= 0.6 is 0 Å². The summed E-state index contributed by atoms with van der Waals surface area (Å²) in [5.74, 6) is -0.919. The van der Waals surface area contributed by atoms with Crippen molar-refractivity contribution >= 4 is 23.4 Å². The van der Waals surface area contributed by atoms with Crippen LogP contribution in [0.15, 0.2) is 30.0 Å². The van der Waals surface area contributed by atoms with Crippen LogP contribution in [0.5, 0.6) is 0 Å². The second-order valence-electron chi connectivity index (χ2n) is 6.38. The third-order valence-electron chi connectivity index (χ3n) is 4.40. The Labute approximate surface area is 139 Å². The lowest BCUT2D eigenvalue weighted by Crippen LogP contribution is -2.44. The largest absolute Gasteiger partial charge is 0.395 e. The lowest BCUT2D eigenvalue weighted by molar-refractivity contribution is -0.137. The van der Waals surface area contributed by atoms with E-state index in [1.165, 1.54) is 6.08 Å². The van der Waals surface area contributed by atoms with Crippen LogP contribution in [-0.4, -0.2) is 40.9 Å². The molecule has 0 fully saturated rings. The van der Waals surface area contributed by atoms with Crippen molar-refractivity contribution in [3.8, 4) is 0 Å². The molecule has 0 unspecified atom stereocenters. The molecule has 1 aromatic carbocycles. The molecule has 2 heterocycles. The summed E-state index contributed by atoms with van der Waals surface area (Å²) in [7, 11) is 0. The first kappa shape index (κ1) is 16.2. The number of hydrogen-bond donors (Lipinski definition) is 3. The third-order valence-corrected chi connectivity index (χ3v) is 4.40. The Kier molecular flexibility index (Phi) is 3.88. The maximum atomic E-state index is 12.2. The number of imide groups is 1. The molecule has 126 valence electrons. The Hall–Kier alpha value is -2.67. The van der Waals surface area contributed by atoms with E-state index in [9.17, 15) is 14.4 Å². The number of aliphatic hydroxyl groups is 1. The van der Waals surface area contributed by atoms with E-state index in [-0.39, 0.29) is 24.8 Å². The smallest absolute Gasteiger partial charge is 0.277 e. The van der Waals surface area contributed by atoms with Crippen molar-refractivity contribution < 1.29 is 19.5 Å². The summed E-state index contributed by atoms with van der Waals surface area (Å²) < 4.78 is 0. The second kappa shape index (κ2) is 5.76. The molecule has 1 aromatic rings. The minimum absolute atomic E-state index is 0.0189. The molecule has 0 aromatic heterocycles. The van der Waals surface area contributed by atoms with E-state index in [2.05, 4.69) is 10.6 Å². The van der Waals surface area contributed by atoms with Gasteiger partial charge >= 0.3 is 0 Å². The molecule has 0 aliphatic carbocycles. The number of β-amino-alcohol motifs (C(OH)–C–C–N with tert-alkyl or cyclic N) is 1. The zero-order chi connectivity index (χ0) is 17.5. The maximum Gasteiger partial charge on any atom is 0.277 e. The second-order valence-corrected chi connectivity index (χ2v) is 6.38. The Morgan fingerprint density at radius 3 is 2.75 bits per heavy atom. The molecule has 0 spiro atoms. The molecule has 3 amide bonds. The minimum atomic E-state index is -0.609. The summed E-state index contributed by atoms with van der Waals surface area (Å²) in [5.41, 5.74) is 2.14. The molecule has 7 heteroatoms. The molecule has 24 heavy (non-hydrogen) atoms. The minimum Gasteiger partial charge on any atom is -0.395 e. The van der Waals surface area contributed by atoms with Gasteiger partial charge in [-0.3, -0.25) is 19.3 Å². The lowest BCUT2D eigenvalue weighted by Gasteiger charge is -2.32. The first-order chi connectivity index (χ1) is 11.3. The van der Waals surface area contributed by atoms with Gasteiger partial charge < -0.3 is 15.7 Å². The molecule has 0 bridgehead atoms. The average molecular weight is 329 g/mol. The van der Waals surface area contributed by atoms with Crippen LogP contribution in [0.2, 0.25) is 0 Å². The summed E-state index contributed by atoms with van der Waals surface area (Å²) >= 11 is 0. The fraction of sp³-hybridized carbons (Fsp3) is 0.353. The van der Waals surface area contributed by atoms with E-state index in [1.54, 1.807) is 6.07 Å². The molecule has 3 N–H and O–H groups in total. The van der Waals surface area contributed by atoms with E-state index < -0.39 is 17.2 Å². The molecule has 0 saturated carbocycles. The number of aliphatic hydroxyl groups excluding tert-OH is 1. The molecule has 0 radical (unpaired) electrons. The highest BCUT2D eigenvalue weighted by molar-refractivity contribution is 6.17. The van der Waals surface area contributed by atoms with Gasteiger partial charge in [-0.15, -0.1) is 0 Å². The number of amides is 3. The van der Waals surface area contributed by atoms with Crippen molar-refractivity contribution in [2.45, 2.75) is 25.8 Å². The van der Waals surface area contributed by atoms with Gasteiger partial charge in [0.2, 0.25) is 5.91 Å². The number of carbonyl (C=O) groups is 3. The van der Waals surface area contributed by atoms with Gasteiger partial charge in [-0.2, -0.15) is 0 Å². The summed E-state index contributed by atoms with van der Waals surface area (Å²) in [4.78, 5) is 36.9. The quantitative estimate of drug-likeness (QED) is 0.688. The van der Waals surface area contributed by atoms with Crippen LogP contribution in [0.1, 0.15) is 25.0 Å². The zero-order valence-electron chi connectivity index (χ0n) is 13.5. The molecule has 0 saturated heterocycles. The number of rotatable bonds is 4. The maximum absolute atomic E-state index is 12.2. The third kappa shape index (κ3) is 2.56. The number of benzene rings is 1. The molecule has 3 rings (SSSR count). The van der Waals surface area contributed by atoms with Crippen molar-refractivity contribution in [3.63, 3.8) is 0 Å². The van der Waals surface area contributed by atoms with Crippen molar-refractivity contribution in [2.24, 2.45) is 0 Å². The monoisotopic (exact) mass is 329 g/mol. The Bertz CT molecular complexity index is 767. The van der Waals surface area contributed by atoms with Crippen LogP contribution in [0.3, 0.4) is 0 Å². The van der Waals surface area contributed by atoms with Gasteiger partial charge in [-0.1, -0.05) is 6.07 Å². The van der Waals surface area contributed by atoms with Crippen LogP contribution in [-0.2, 0) is 26.3 Å². The van der Waals surface area contributed by atoms with Gasteiger partial charge in [-0.25, -0.2) is 0 Å². The highest BCUT2D eigenvalue weighted by Gasteiger charge is 2.35. The van der Waals surface area contributed by atoms with E-state index >= 15 is 0 Å². The summed E-state index contributed by atoms with van der Waals surface area (Å²) in [6.07, 6.45) is 1.23. The van der Waals surface area contributed by atoms with Gasteiger partial charge in [0, 0.05) is 18.3 Å². The van der Waals surface area contributed by atoms with E-state index in [4.69, 9.17) is 5.11 Å². The van der Waals surface area contributed by atoms with Crippen molar-refractivity contribution in [3.05, 3.63) is 41.1 Å². The van der Waals surface area contributed by atoms with Gasteiger partial charge in [0.15, 0.2) is 0 Å². The fourth-order valence-corrected chi connectivity index (χ4v) is 3.01. The van der Waals surface area contributed by atoms with Gasteiger partial charge in [0.1, 0.15) is 5.70 Å². The molecule has 2 aliphatic rings. The SMILES string of the molecule is CC1(C)C(=O)NCc2cc(NC3=CC(=O)N(CCO)C3=O)ccc21. The highest BCUT2D eigenvalue weighted by Crippen LogP contribution is 2.32. The first-order valence-electron chi connectivity index (χ1n) is 7.71. The topological polar surface area (TPSA) is 98.7 Å². The normalized spacial score (nSPS) is 19.0. The van der Waals surface area contributed by atoms with Crippen LogP contribution < -0.4 is 10.6 Å². The summed E-state index contributed by atoms with van der Waals surface area (Å²) in [5, 5.41) is 14.7. The Morgan fingerprint density at radius 2 is 2.04 bits per heavy atom. The first-order valence-corrected chi connectivity index (χ1v) is 7.71. The van der Waals surface area contributed by atoms with E-state index in [0.29, 0.717) is 12.2 Å². The Balaban J connectivity index is 1.83. The van der Waals surface area contributed by atoms with Crippen molar-refractivity contribution in [1.29, 1.82) is 0 Å². The van der Waals surface area contributed by atoms with Crippen molar-refractivity contribution in [1.82, 2.24) is 10.2 Å². The number of carbonyl (C=O) groups excluding carboxylic acids is 3. The van der Waals surface area contributed by atoms with Crippen molar-refractivity contribution in [2.75, 3.05) is 18.5 Å². The van der Waals surface area contributed by atoms with Gasteiger partial charge in [0.05, 0.1) is 18.6 Å². The predicted molar refractivity (Wildman–Crippen MR) is 86.8 cm³/mol. The fourth-order valence-electron chi connectivity index (χ4n) is 3.01. The Morgan fingerprint density at radius 1 is 1.29 bits per heavy atom. The molecular weight excluding hydrogens is 310 g/mol. The predicted octanol–water partition coefficient (Wildman–Crippen LogP) is 0.251. The highest BCUT2D eigenvalue weighted by atomic mass is 16.3. The summed E-state index contributed by atoms with van der Waals surface area (Å²) in [6, 6.07) is 5.51. The van der Waals surface area contributed by atoms with E-state index in [1.807, 2.05) is 26.0 Å². The number of fused-ring (bicyclic) bond motifs is 1. The molecule has 0 atom stereocenters. The van der Waals surface area contributed by atoms with Gasteiger partial charge in [-0.05, 0) is 37.1 Å². The lowest BCUT2D eigenvalue weighted by atomic mass is 9.78. The summed E-state index contributed by atoms with van der Waals surface area (Å²) in [6.45, 7) is 3.86. The number of nitrogens with one attached hydrogen (secondary N) is 2. The number of anilines is 1. The van der Waals surface area contributed by atoms with Crippen LogP contribution in [0, 0.1) is 0 Å². The van der Waals surface area contributed by atoms with Gasteiger partial charge in [0.25, 0.3) is 11.8 Å². The zero-order valence-corrected chi connectivity index (χ0v) is 13.5. The molecule has 7 nitrogen and oxygen atoms in total. The molecule has 2 aliphatic heterocycles. The average Bonchev–Trinajstić information content (AvgIpc) is 2.79. The number of hydrogen-bond acceptors (Lipinski definition) is 5.